The van der Waals surface area contributed by atoms with E-state index in [9.17, 15) is 16.0 Å². The number of hydrogen-bond donors (Lipinski definition) is 0. The van der Waals surface area contributed by atoms with Crippen molar-refractivity contribution in [1.82, 2.24) is 24.1 Å². The fourth-order valence-corrected chi connectivity index (χ4v) is 13.3. The number of benzene rings is 8. The van der Waals surface area contributed by atoms with Crippen molar-refractivity contribution in [2.24, 2.45) is 0 Å². The first kappa shape index (κ1) is 31.5. The van der Waals surface area contributed by atoms with Gasteiger partial charge in [-0.3, -0.25) is 9.13 Å². The van der Waals surface area contributed by atoms with Crippen molar-refractivity contribution in [2.45, 2.75) is 0 Å². The molecule has 0 aliphatic heterocycles. The summed E-state index contributed by atoms with van der Waals surface area (Å²) in [7, 11) is -3.62. The van der Waals surface area contributed by atoms with Crippen LogP contribution in [0.5, 0.6) is 0 Å². The molecule has 0 saturated heterocycles. The molecule has 61 heavy (non-hydrogen) atoms. The molecule has 11 rings (SSSR count). The van der Waals surface area contributed by atoms with Gasteiger partial charge in [0.25, 0.3) is 0 Å². The number of nitriles is 2. The summed E-state index contributed by atoms with van der Waals surface area (Å²) in [6, 6.07) is 59.7. The topological polar surface area (TPSA) is 96.1 Å². The molecule has 0 amide bonds. The Morgan fingerprint density at radius 2 is 0.869 bits per heavy atom. The Morgan fingerprint density at radius 1 is 0.443 bits per heavy atom. The number of aromatic nitrogens is 5. The van der Waals surface area contributed by atoms with Gasteiger partial charge in [0.2, 0.25) is 11.9 Å². The molecule has 284 valence electrons. The summed E-state index contributed by atoms with van der Waals surface area (Å²) >= 11 is 0. The zero-order chi connectivity index (χ0) is 44.4. The van der Waals surface area contributed by atoms with Crippen molar-refractivity contribution >= 4 is 72.4 Å². The molecule has 0 bridgehead atoms. The lowest BCUT2D eigenvalue weighted by molar-refractivity contribution is 0.893. The molecule has 0 spiro atoms. The molecule has 0 saturated carbocycles. The number of fused-ring (bicyclic) bond motifs is 6. The van der Waals surface area contributed by atoms with E-state index in [4.69, 9.17) is 15.0 Å². The monoisotopic (exact) mass is 799 g/mol. The van der Waals surface area contributed by atoms with Crippen molar-refractivity contribution in [3.63, 3.8) is 0 Å². The maximum atomic E-state index is 10.4. The van der Waals surface area contributed by atoms with E-state index in [1.807, 2.05) is 173 Å². The molecular formula is C53H33N7Si. The third-order valence-electron chi connectivity index (χ3n) is 11.5. The van der Waals surface area contributed by atoms with Gasteiger partial charge in [0, 0.05) is 27.1 Å². The molecule has 0 atom stereocenters. The number of nitrogens with zero attached hydrogens (tertiary/aromatic N) is 7. The summed E-state index contributed by atoms with van der Waals surface area (Å²) < 4.78 is 43.2. The van der Waals surface area contributed by atoms with Crippen LogP contribution in [0.1, 0.15) is 16.6 Å². The zero-order valence-electron chi connectivity index (χ0n) is 36.4. The Hall–Kier alpha value is -8.43. The zero-order valence-corrected chi connectivity index (χ0v) is 33.4. The normalized spacial score (nSPS) is 12.5. The summed E-state index contributed by atoms with van der Waals surface area (Å²) in [6.07, 6.45) is 0. The van der Waals surface area contributed by atoms with Gasteiger partial charge in [0.15, 0.2) is 13.9 Å². The van der Waals surface area contributed by atoms with Gasteiger partial charge in [-0.05, 0) is 69.3 Å². The fourth-order valence-electron chi connectivity index (χ4n) is 8.82. The Kier molecular flexibility index (Phi) is 7.47. The van der Waals surface area contributed by atoms with E-state index in [0.29, 0.717) is 16.3 Å². The average Bonchev–Trinajstić information content (AvgIpc) is 3.87. The average molecular weight is 800 g/mol. The Bertz CT molecular complexity index is 3560. The lowest BCUT2D eigenvalue weighted by Crippen LogP contribution is -2.74. The molecular weight excluding hydrogens is 763 g/mol. The van der Waals surface area contributed by atoms with E-state index >= 15 is 0 Å². The van der Waals surface area contributed by atoms with Gasteiger partial charge < -0.3 is 0 Å². The van der Waals surface area contributed by atoms with Crippen LogP contribution in [-0.2, 0) is 0 Å². The number of rotatable bonds is 7. The minimum atomic E-state index is -3.62. The van der Waals surface area contributed by atoms with Crippen LogP contribution in [0.4, 0.5) is 0 Å². The van der Waals surface area contributed by atoms with E-state index in [0.717, 1.165) is 59.2 Å². The molecule has 3 heterocycles. The number of hydrogen-bond acceptors (Lipinski definition) is 5. The summed E-state index contributed by atoms with van der Waals surface area (Å²) in [6.45, 7) is 0. The van der Waals surface area contributed by atoms with Crippen LogP contribution in [0.25, 0.3) is 66.9 Å². The summed E-state index contributed by atoms with van der Waals surface area (Å²) in [5.41, 5.74) is 3.93. The molecule has 0 fully saturated rings. The third-order valence-corrected chi connectivity index (χ3v) is 16.1. The van der Waals surface area contributed by atoms with Crippen molar-refractivity contribution in [1.29, 1.82) is 10.5 Å². The van der Waals surface area contributed by atoms with E-state index < -0.39 is 8.07 Å². The maximum Gasteiger partial charge on any atom is 0.240 e. The van der Waals surface area contributed by atoms with Crippen LogP contribution in [0.3, 0.4) is 0 Å². The van der Waals surface area contributed by atoms with Gasteiger partial charge in [0.05, 0.1) is 50.8 Å². The molecule has 0 unspecified atom stereocenters. The molecule has 3 aromatic heterocycles. The summed E-state index contributed by atoms with van der Waals surface area (Å²) in [4.78, 5) is 15.6. The molecule has 8 heteroatoms. The van der Waals surface area contributed by atoms with E-state index in [1.165, 1.54) is 0 Å². The van der Waals surface area contributed by atoms with Crippen LogP contribution < -0.4 is 20.7 Å². The van der Waals surface area contributed by atoms with E-state index in [1.54, 1.807) is 12.1 Å². The minimum Gasteiger partial charge on any atom is -0.278 e. The molecule has 0 radical (unpaired) electrons. The van der Waals surface area contributed by atoms with Gasteiger partial charge >= 0.3 is 0 Å². The SMILES string of the molecule is [2H]c1c([2H])c(-c2nc(-n3c4ccccc4c4cc(C#N)ccc43)nc(-n3c4ccccc4c4cc(C#N)ccc43)n2)c([2H])c([Si](c2ccccc2)(c2ccccc2)c2ccccc2)c1[2H]. The van der Waals surface area contributed by atoms with Crippen LogP contribution >= 0.6 is 0 Å². The van der Waals surface area contributed by atoms with E-state index in [-0.39, 0.29) is 47.5 Å². The lowest BCUT2D eigenvalue weighted by Gasteiger charge is -2.34. The predicted molar refractivity (Wildman–Crippen MR) is 247 cm³/mol. The first-order chi connectivity index (χ1) is 31.8. The number of para-hydroxylation sites is 2. The van der Waals surface area contributed by atoms with Crippen LogP contribution in [0, 0.1) is 22.7 Å². The minimum absolute atomic E-state index is 0.00867. The van der Waals surface area contributed by atoms with Gasteiger partial charge in [-0.2, -0.15) is 25.5 Å². The Morgan fingerprint density at radius 3 is 1.33 bits per heavy atom. The quantitative estimate of drug-likeness (QED) is 0.119. The van der Waals surface area contributed by atoms with Crippen molar-refractivity contribution in [2.75, 3.05) is 0 Å². The van der Waals surface area contributed by atoms with Crippen LogP contribution in [0.15, 0.2) is 200 Å². The molecule has 7 nitrogen and oxygen atoms in total. The van der Waals surface area contributed by atoms with Gasteiger partial charge in [-0.15, -0.1) is 0 Å². The Labute approximate surface area is 358 Å². The lowest BCUT2D eigenvalue weighted by atomic mass is 10.1. The van der Waals surface area contributed by atoms with Crippen molar-refractivity contribution in [3.05, 3.63) is 211 Å². The van der Waals surface area contributed by atoms with Gasteiger partial charge in [-0.25, -0.2) is 0 Å². The fraction of sp³-hybridized carbons (Fsp3) is 0. The highest BCUT2D eigenvalue weighted by atomic mass is 28.3. The molecule has 0 N–H and O–H groups in total. The van der Waals surface area contributed by atoms with Crippen molar-refractivity contribution in [3.8, 4) is 35.4 Å². The highest BCUT2D eigenvalue weighted by molar-refractivity contribution is 7.19. The summed E-state index contributed by atoms with van der Waals surface area (Å²) in [5, 5.41) is 26.3. The molecule has 0 aliphatic rings. The maximum absolute atomic E-state index is 10.4. The molecule has 11 aromatic rings. The second-order valence-corrected chi connectivity index (χ2v) is 18.5. The largest absolute Gasteiger partial charge is 0.278 e. The third kappa shape index (κ3) is 5.66. The first-order valence-corrected chi connectivity index (χ1v) is 21.7. The standard InChI is InChI=1S/C53H33N7Si/c54-34-36-27-29-49-45(31-36)43-23-10-12-25-47(43)59(49)52-56-51(57-53(58-52)60-48-26-13-11-24-44(48)46-32-37(35-55)28-30-50(46)60)38-15-14-22-42(33-38)61(39-16-4-1-5-17-39,40-18-6-2-7-19-40)41-20-8-3-9-21-41/h1-33H/i14D,15D,22D,33D. The first-order valence-electron chi connectivity index (χ1n) is 21.7. The van der Waals surface area contributed by atoms with Crippen LogP contribution in [0.2, 0.25) is 0 Å². The second-order valence-electron chi connectivity index (χ2n) is 14.7. The molecule has 8 aromatic carbocycles. The predicted octanol–water partition coefficient (Wildman–Crippen LogP) is 8.85. The highest BCUT2D eigenvalue weighted by Gasteiger charge is 2.41. The van der Waals surface area contributed by atoms with Crippen molar-refractivity contribution < 1.29 is 5.48 Å². The smallest absolute Gasteiger partial charge is 0.240 e. The second kappa shape index (κ2) is 14.4. The van der Waals surface area contributed by atoms with Gasteiger partial charge in [-0.1, -0.05) is 152 Å². The van der Waals surface area contributed by atoms with Gasteiger partial charge in [0.1, 0.15) is 0 Å². The van der Waals surface area contributed by atoms with E-state index in [2.05, 4.69) is 12.1 Å². The molecule has 0 aliphatic carbocycles. The Balaban J connectivity index is 1.30. The summed E-state index contributed by atoms with van der Waals surface area (Å²) in [5.74, 6) is 0.339. The van der Waals surface area contributed by atoms with Crippen LogP contribution in [-0.4, -0.2) is 32.2 Å². The highest BCUT2D eigenvalue weighted by Crippen LogP contribution is 2.35.